The number of carbonyl (C=O) groups is 2. The van der Waals surface area contributed by atoms with Gasteiger partial charge in [-0.1, -0.05) is 17.7 Å². The van der Waals surface area contributed by atoms with Gasteiger partial charge in [-0.3, -0.25) is 9.59 Å². The molecule has 0 bridgehead atoms. The highest BCUT2D eigenvalue weighted by molar-refractivity contribution is 6.31. The van der Waals surface area contributed by atoms with E-state index >= 15 is 0 Å². The number of nitrogens with one attached hydrogen (secondary N) is 2. The lowest BCUT2D eigenvalue weighted by atomic mass is 9.81. The van der Waals surface area contributed by atoms with E-state index in [4.69, 9.17) is 16.9 Å². The van der Waals surface area contributed by atoms with Gasteiger partial charge in [-0.05, 0) is 74.6 Å². The number of hydrogen-bond donors (Lipinski definition) is 2. The van der Waals surface area contributed by atoms with Crippen molar-refractivity contribution >= 4 is 34.8 Å². The summed E-state index contributed by atoms with van der Waals surface area (Å²) in [5.41, 5.74) is 2.94. The van der Waals surface area contributed by atoms with Crippen molar-refractivity contribution in [3.8, 4) is 6.07 Å². The van der Waals surface area contributed by atoms with Crippen molar-refractivity contribution < 1.29 is 9.59 Å². The van der Waals surface area contributed by atoms with Crippen LogP contribution < -0.4 is 10.6 Å². The molecule has 2 aromatic carbocycles. The minimum absolute atomic E-state index is 0.0173. The van der Waals surface area contributed by atoms with Gasteiger partial charge in [-0.15, -0.1) is 0 Å². The van der Waals surface area contributed by atoms with Gasteiger partial charge in [0.25, 0.3) is 0 Å². The van der Waals surface area contributed by atoms with Crippen molar-refractivity contribution in [1.82, 2.24) is 0 Å². The van der Waals surface area contributed by atoms with Gasteiger partial charge in [-0.2, -0.15) is 5.26 Å². The Bertz CT molecular complexity index is 910. The van der Waals surface area contributed by atoms with E-state index in [1.165, 1.54) is 0 Å². The maximum Gasteiger partial charge on any atom is 0.227 e. The van der Waals surface area contributed by atoms with E-state index in [9.17, 15) is 9.59 Å². The zero-order valence-corrected chi connectivity index (χ0v) is 16.4. The summed E-state index contributed by atoms with van der Waals surface area (Å²) in [4.78, 5) is 25.1. The summed E-state index contributed by atoms with van der Waals surface area (Å²) in [6.45, 7) is 1.93. The van der Waals surface area contributed by atoms with Gasteiger partial charge in [-0.25, -0.2) is 0 Å². The number of hydrogen-bond acceptors (Lipinski definition) is 3. The molecule has 0 atom stereocenters. The Kier molecular flexibility index (Phi) is 6.33. The van der Waals surface area contributed by atoms with E-state index in [2.05, 4.69) is 16.7 Å². The highest BCUT2D eigenvalue weighted by Gasteiger charge is 2.30. The largest absolute Gasteiger partial charge is 0.326 e. The maximum atomic E-state index is 12.6. The number of aryl methyl sites for hydroxylation is 1. The van der Waals surface area contributed by atoms with Crippen LogP contribution in [-0.2, 0) is 9.59 Å². The second-order valence-corrected chi connectivity index (χ2v) is 7.61. The first kappa shape index (κ1) is 19.9. The summed E-state index contributed by atoms with van der Waals surface area (Å²) in [5.74, 6) is -0.254. The second-order valence-electron chi connectivity index (χ2n) is 7.18. The van der Waals surface area contributed by atoms with Crippen LogP contribution in [0.5, 0.6) is 0 Å². The Labute approximate surface area is 169 Å². The van der Waals surface area contributed by atoms with E-state index in [0.717, 1.165) is 11.3 Å². The molecule has 1 aliphatic carbocycles. The number of halogens is 1. The van der Waals surface area contributed by atoms with Crippen molar-refractivity contribution in [1.29, 1.82) is 5.26 Å². The topological polar surface area (TPSA) is 82.0 Å². The number of amides is 2. The Hall–Kier alpha value is -2.84. The summed E-state index contributed by atoms with van der Waals surface area (Å²) in [6, 6.07) is 14.3. The number of carbonyl (C=O) groups excluding carboxylic acids is 2. The van der Waals surface area contributed by atoms with Crippen molar-refractivity contribution in [2.24, 2.45) is 11.8 Å². The predicted octanol–water partition coefficient (Wildman–Crippen LogP) is 4.90. The van der Waals surface area contributed by atoms with Gasteiger partial charge in [0, 0.05) is 28.2 Å². The van der Waals surface area contributed by atoms with E-state index in [0.29, 0.717) is 42.0 Å². The molecule has 2 aromatic rings. The minimum atomic E-state index is -0.104. The average molecular weight is 396 g/mol. The van der Waals surface area contributed by atoms with E-state index in [1.54, 1.807) is 36.4 Å². The van der Waals surface area contributed by atoms with Crippen LogP contribution >= 0.6 is 11.6 Å². The number of benzene rings is 2. The third-order valence-corrected chi connectivity index (χ3v) is 5.44. The minimum Gasteiger partial charge on any atom is -0.326 e. The Morgan fingerprint density at radius 2 is 1.54 bits per heavy atom. The molecule has 2 N–H and O–H groups in total. The summed E-state index contributed by atoms with van der Waals surface area (Å²) in [7, 11) is 0. The molecule has 0 aromatic heterocycles. The van der Waals surface area contributed by atoms with Crippen molar-refractivity contribution in [3.63, 3.8) is 0 Å². The van der Waals surface area contributed by atoms with Crippen LogP contribution in [0.4, 0.5) is 11.4 Å². The lowest BCUT2D eigenvalue weighted by molar-refractivity contribution is -0.125. The van der Waals surface area contributed by atoms with Crippen LogP contribution in [0.2, 0.25) is 5.02 Å². The molecule has 1 fully saturated rings. The quantitative estimate of drug-likeness (QED) is 0.772. The fourth-order valence-corrected chi connectivity index (χ4v) is 3.63. The van der Waals surface area contributed by atoms with Crippen LogP contribution in [0.15, 0.2) is 42.5 Å². The van der Waals surface area contributed by atoms with Crippen LogP contribution in [0.1, 0.15) is 36.8 Å². The maximum absolute atomic E-state index is 12.6. The van der Waals surface area contributed by atoms with E-state index in [1.807, 2.05) is 13.0 Å². The van der Waals surface area contributed by atoms with Gasteiger partial charge in [0.15, 0.2) is 0 Å². The lowest BCUT2D eigenvalue weighted by Crippen LogP contribution is -2.32. The standard InChI is InChI=1S/C22H22ClN3O2/c1-14-2-9-18(23)12-20(14)26-22(28)17-7-5-16(6-8-17)21(27)25-19-10-3-15(13-24)4-11-19/h2-4,9-12,16-17H,5-8H2,1H3,(H,25,27)(H,26,28). The monoisotopic (exact) mass is 395 g/mol. The van der Waals surface area contributed by atoms with Gasteiger partial charge >= 0.3 is 0 Å². The molecular weight excluding hydrogens is 374 g/mol. The molecule has 0 heterocycles. The molecule has 3 rings (SSSR count). The molecule has 28 heavy (non-hydrogen) atoms. The first-order valence-electron chi connectivity index (χ1n) is 9.34. The van der Waals surface area contributed by atoms with Crippen LogP contribution in [-0.4, -0.2) is 11.8 Å². The molecule has 6 heteroatoms. The molecule has 1 aliphatic rings. The summed E-state index contributed by atoms with van der Waals surface area (Å²) < 4.78 is 0. The SMILES string of the molecule is Cc1ccc(Cl)cc1NC(=O)C1CCC(C(=O)Nc2ccc(C#N)cc2)CC1. The van der Waals surface area contributed by atoms with Gasteiger partial charge < -0.3 is 10.6 Å². The van der Waals surface area contributed by atoms with Gasteiger partial charge in [0.1, 0.15) is 0 Å². The third-order valence-electron chi connectivity index (χ3n) is 5.21. The van der Waals surface area contributed by atoms with Crippen molar-refractivity contribution in [2.75, 3.05) is 10.6 Å². The smallest absolute Gasteiger partial charge is 0.227 e. The second kappa shape index (κ2) is 8.90. The highest BCUT2D eigenvalue weighted by Crippen LogP contribution is 2.31. The number of rotatable bonds is 4. The Morgan fingerprint density at radius 3 is 2.11 bits per heavy atom. The first-order chi connectivity index (χ1) is 13.5. The fourth-order valence-electron chi connectivity index (χ4n) is 3.45. The number of nitriles is 1. The molecule has 144 valence electrons. The molecule has 0 aliphatic heterocycles. The molecular formula is C22H22ClN3O2. The zero-order chi connectivity index (χ0) is 20.1. The predicted molar refractivity (Wildman–Crippen MR) is 110 cm³/mol. The molecule has 2 amide bonds. The number of anilines is 2. The van der Waals surface area contributed by atoms with Crippen molar-refractivity contribution in [2.45, 2.75) is 32.6 Å². The van der Waals surface area contributed by atoms with Crippen LogP contribution in [0.25, 0.3) is 0 Å². The zero-order valence-electron chi connectivity index (χ0n) is 15.7. The molecule has 0 spiro atoms. The fraction of sp³-hybridized carbons (Fsp3) is 0.318. The molecule has 5 nitrogen and oxygen atoms in total. The van der Waals surface area contributed by atoms with Crippen LogP contribution in [0.3, 0.4) is 0 Å². The van der Waals surface area contributed by atoms with Crippen molar-refractivity contribution in [3.05, 3.63) is 58.6 Å². The summed E-state index contributed by atoms with van der Waals surface area (Å²) in [5, 5.41) is 15.3. The Morgan fingerprint density at radius 1 is 0.964 bits per heavy atom. The van der Waals surface area contributed by atoms with Gasteiger partial charge in [0.2, 0.25) is 11.8 Å². The third kappa shape index (κ3) is 4.90. The van der Waals surface area contributed by atoms with Gasteiger partial charge in [0.05, 0.1) is 11.6 Å². The lowest BCUT2D eigenvalue weighted by Gasteiger charge is -2.27. The summed E-state index contributed by atoms with van der Waals surface area (Å²) in [6.07, 6.45) is 2.71. The van der Waals surface area contributed by atoms with E-state index < -0.39 is 0 Å². The van der Waals surface area contributed by atoms with Crippen LogP contribution in [0, 0.1) is 30.1 Å². The Balaban J connectivity index is 1.51. The summed E-state index contributed by atoms with van der Waals surface area (Å²) >= 11 is 6.01. The molecule has 0 radical (unpaired) electrons. The number of nitrogens with zero attached hydrogens (tertiary/aromatic N) is 1. The molecule has 0 saturated heterocycles. The van der Waals surface area contributed by atoms with E-state index in [-0.39, 0.29) is 23.7 Å². The normalized spacial score (nSPS) is 18.8. The molecule has 0 unspecified atom stereocenters. The average Bonchev–Trinajstić information content (AvgIpc) is 2.71. The first-order valence-corrected chi connectivity index (χ1v) is 9.72. The highest BCUT2D eigenvalue weighted by atomic mass is 35.5. The molecule has 1 saturated carbocycles.